The summed E-state index contributed by atoms with van der Waals surface area (Å²) in [5.74, 6) is 0.0444. The molecule has 0 bridgehead atoms. The Morgan fingerprint density at radius 2 is 1.90 bits per heavy atom. The lowest BCUT2D eigenvalue weighted by atomic mass is 10.1. The van der Waals surface area contributed by atoms with Crippen LogP contribution < -0.4 is 5.56 Å². The van der Waals surface area contributed by atoms with E-state index in [1.807, 2.05) is 42.2 Å². The van der Waals surface area contributed by atoms with Gasteiger partial charge >= 0.3 is 0 Å². The van der Waals surface area contributed by atoms with Gasteiger partial charge in [-0.3, -0.25) is 9.59 Å². The molecule has 0 N–H and O–H groups in total. The van der Waals surface area contributed by atoms with Crippen LogP contribution in [0, 0.1) is 6.92 Å². The number of benzene rings is 1. The molecule has 1 aromatic heterocycles. The van der Waals surface area contributed by atoms with Gasteiger partial charge in [0.05, 0.1) is 0 Å². The number of fused-ring (bicyclic) bond motifs is 1. The minimum Gasteiger partial charge on any atom is -0.341 e. The average molecular weight is 270 g/mol. The number of amides is 1. The molecule has 1 aliphatic heterocycles. The normalized spacial score (nSPS) is 14.9. The van der Waals surface area contributed by atoms with Crippen LogP contribution in [0.5, 0.6) is 0 Å². The highest BCUT2D eigenvalue weighted by Gasteiger charge is 2.19. The molecule has 4 nitrogen and oxygen atoms in total. The number of aromatic nitrogens is 1. The fourth-order valence-electron chi connectivity index (χ4n) is 2.82. The van der Waals surface area contributed by atoms with Crippen LogP contribution in [0.25, 0.3) is 10.8 Å². The van der Waals surface area contributed by atoms with Gasteiger partial charge in [-0.1, -0.05) is 18.2 Å². The topological polar surface area (TPSA) is 42.3 Å². The summed E-state index contributed by atoms with van der Waals surface area (Å²) in [6.07, 6.45) is 2.13. The maximum absolute atomic E-state index is 12.5. The second-order valence-corrected chi connectivity index (χ2v) is 5.35. The van der Waals surface area contributed by atoms with E-state index in [1.165, 1.54) is 0 Å². The molecule has 1 saturated heterocycles. The molecular weight excluding hydrogens is 252 g/mol. The molecule has 0 aliphatic carbocycles. The zero-order valence-electron chi connectivity index (χ0n) is 11.6. The molecule has 20 heavy (non-hydrogen) atoms. The summed E-state index contributed by atoms with van der Waals surface area (Å²) >= 11 is 0. The third-order valence-electron chi connectivity index (χ3n) is 3.98. The number of hydrogen-bond donors (Lipinski definition) is 0. The van der Waals surface area contributed by atoms with E-state index in [2.05, 4.69) is 0 Å². The summed E-state index contributed by atoms with van der Waals surface area (Å²) in [6.45, 7) is 3.67. The number of pyridine rings is 1. The minimum absolute atomic E-state index is 0.0444. The first kappa shape index (κ1) is 12.9. The van der Waals surface area contributed by atoms with Crippen LogP contribution in [0.15, 0.2) is 35.1 Å². The maximum atomic E-state index is 12.5. The lowest BCUT2D eigenvalue weighted by Gasteiger charge is -2.17. The predicted octanol–water partition coefficient (Wildman–Crippen LogP) is 1.93. The zero-order chi connectivity index (χ0) is 14.1. The largest absolute Gasteiger partial charge is 0.341 e. The molecule has 1 amide bonds. The Morgan fingerprint density at radius 1 is 1.20 bits per heavy atom. The van der Waals surface area contributed by atoms with E-state index < -0.39 is 0 Å². The van der Waals surface area contributed by atoms with Crippen molar-refractivity contribution >= 4 is 16.7 Å². The number of carbonyl (C=O) groups excluding carboxylic acids is 1. The highest BCUT2D eigenvalue weighted by atomic mass is 16.2. The summed E-state index contributed by atoms with van der Waals surface area (Å²) in [4.78, 5) is 26.6. The van der Waals surface area contributed by atoms with Crippen LogP contribution in [0.1, 0.15) is 18.5 Å². The van der Waals surface area contributed by atoms with Crippen molar-refractivity contribution in [2.24, 2.45) is 0 Å². The van der Waals surface area contributed by atoms with Gasteiger partial charge in [-0.2, -0.15) is 0 Å². The molecule has 3 rings (SSSR count). The van der Waals surface area contributed by atoms with Gasteiger partial charge in [0, 0.05) is 24.2 Å². The third kappa shape index (κ3) is 2.22. The van der Waals surface area contributed by atoms with Crippen LogP contribution in [0.4, 0.5) is 0 Å². The molecule has 0 atom stereocenters. The molecule has 0 unspecified atom stereocenters. The van der Waals surface area contributed by atoms with Gasteiger partial charge in [-0.15, -0.1) is 0 Å². The van der Waals surface area contributed by atoms with Crippen LogP contribution in [0.3, 0.4) is 0 Å². The van der Waals surface area contributed by atoms with Crippen molar-refractivity contribution in [2.45, 2.75) is 26.3 Å². The fourth-order valence-corrected chi connectivity index (χ4v) is 2.82. The first-order valence-electron chi connectivity index (χ1n) is 7.04. The molecule has 0 spiro atoms. The number of carbonyl (C=O) groups is 1. The van der Waals surface area contributed by atoms with Crippen molar-refractivity contribution in [1.82, 2.24) is 9.47 Å². The van der Waals surface area contributed by atoms with Gasteiger partial charge < -0.3 is 9.47 Å². The minimum atomic E-state index is -0.0758. The molecular formula is C16H18N2O2. The predicted molar refractivity (Wildman–Crippen MR) is 78.8 cm³/mol. The highest BCUT2D eigenvalue weighted by Crippen LogP contribution is 2.13. The van der Waals surface area contributed by atoms with Gasteiger partial charge in [0.1, 0.15) is 6.54 Å². The molecule has 1 aliphatic rings. The SMILES string of the molecule is Cc1cc2ccccc2c(=O)n1CC(=O)N1CCCC1. The molecule has 2 aromatic rings. The Labute approximate surface area is 117 Å². The van der Waals surface area contributed by atoms with Crippen LogP contribution >= 0.6 is 0 Å². The Hall–Kier alpha value is -2.10. The Bertz CT molecular complexity index is 712. The molecule has 0 radical (unpaired) electrons. The van der Waals surface area contributed by atoms with E-state index in [9.17, 15) is 9.59 Å². The first-order chi connectivity index (χ1) is 9.66. The molecule has 104 valence electrons. The number of likely N-dealkylation sites (tertiary alicyclic amines) is 1. The Morgan fingerprint density at radius 3 is 2.65 bits per heavy atom. The number of aryl methyl sites for hydroxylation is 1. The Kier molecular flexibility index (Phi) is 3.30. The lowest BCUT2D eigenvalue weighted by molar-refractivity contribution is -0.130. The summed E-state index contributed by atoms with van der Waals surface area (Å²) in [7, 11) is 0. The zero-order valence-corrected chi connectivity index (χ0v) is 11.6. The van der Waals surface area contributed by atoms with Gasteiger partial charge in [-0.05, 0) is 37.3 Å². The van der Waals surface area contributed by atoms with E-state index in [1.54, 1.807) is 4.57 Å². The van der Waals surface area contributed by atoms with Crippen LogP contribution in [-0.4, -0.2) is 28.5 Å². The van der Waals surface area contributed by atoms with Gasteiger partial charge in [0.15, 0.2) is 0 Å². The van der Waals surface area contributed by atoms with Crippen LogP contribution in [0.2, 0.25) is 0 Å². The van der Waals surface area contributed by atoms with Gasteiger partial charge in [0.2, 0.25) is 5.91 Å². The quantitative estimate of drug-likeness (QED) is 0.837. The van der Waals surface area contributed by atoms with E-state index in [4.69, 9.17) is 0 Å². The molecule has 1 aromatic carbocycles. The van der Waals surface area contributed by atoms with Gasteiger partial charge in [0.25, 0.3) is 5.56 Å². The van der Waals surface area contributed by atoms with E-state index in [0.717, 1.165) is 37.0 Å². The van der Waals surface area contributed by atoms with Crippen LogP contribution in [-0.2, 0) is 11.3 Å². The third-order valence-corrected chi connectivity index (χ3v) is 3.98. The summed E-state index contributed by atoms with van der Waals surface area (Å²) in [5, 5.41) is 1.60. The number of nitrogens with zero attached hydrogens (tertiary/aromatic N) is 2. The van der Waals surface area contributed by atoms with Crippen molar-refractivity contribution in [3.8, 4) is 0 Å². The van der Waals surface area contributed by atoms with Crippen molar-refractivity contribution in [3.63, 3.8) is 0 Å². The summed E-state index contributed by atoms with van der Waals surface area (Å²) < 4.78 is 1.59. The fraction of sp³-hybridized carbons (Fsp3) is 0.375. The summed E-state index contributed by atoms with van der Waals surface area (Å²) in [5.41, 5.74) is 0.759. The van der Waals surface area contributed by atoms with Crippen molar-refractivity contribution in [3.05, 3.63) is 46.4 Å². The Balaban J connectivity index is 1.98. The second kappa shape index (κ2) is 5.12. The first-order valence-corrected chi connectivity index (χ1v) is 7.04. The number of hydrogen-bond acceptors (Lipinski definition) is 2. The van der Waals surface area contributed by atoms with Crippen molar-refractivity contribution in [2.75, 3.05) is 13.1 Å². The smallest absolute Gasteiger partial charge is 0.259 e. The number of rotatable bonds is 2. The van der Waals surface area contributed by atoms with E-state index >= 15 is 0 Å². The highest BCUT2D eigenvalue weighted by molar-refractivity contribution is 5.82. The summed E-state index contributed by atoms with van der Waals surface area (Å²) in [6, 6.07) is 9.48. The van der Waals surface area contributed by atoms with Crippen molar-refractivity contribution < 1.29 is 4.79 Å². The molecule has 4 heteroatoms. The maximum Gasteiger partial charge on any atom is 0.259 e. The monoisotopic (exact) mass is 270 g/mol. The molecule has 1 fully saturated rings. The van der Waals surface area contributed by atoms with E-state index in [-0.39, 0.29) is 18.0 Å². The lowest BCUT2D eigenvalue weighted by Crippen LogP contribution is -2.35. The standard InChI is InChI=1S/C16H18N2O2/c1-12-10-13-6-2-3-7-14(13)16(20)18(12)11-15(19)17-8-4-5-9-17/h2-3,6-7,10H,4-5,8-9,11H2,1H3. The average Bonchev–Trinajstić information content (AvgIpc) is 2.97. The molecule has 2 heterocycles. The van der Waals surface area contributed by atoms with E-state index in [0.29, 0.717) is 5.39 Å². The molecule has 0 saturated carbocycles. The van der Waals surface area contributed by atoms with Gasteiger partial charge in [-0.25, -0.2) is 0 Å². The van der Waals surface area contributed by atoms with Crippen molar-refractivity contribution in [1.29, 1.82) is 0 Å². The second-order valence-electron chi connectivity index (χ2n) is 5.35.